The minimum absolute atomic E-state index is 0.0765. The Balaban J connectivity index is 1.51. The van der Waals surface area contributed by atoms with E-state index in [2.05, 4.69) is 13.8 Å². The maximum Gasteiger partial charge on any atom is 0.414 e. The monoisotopic (exact) mass is 428 g/mol. The molecule has 0 radical (unpaired) electrons. The number of ether oxygens (including phenoxy) is 1. The predicted octanol–water partition coefficient (Wildman–Crippen LogP) is 4.43. The van der Waals surface area contributed by atoms with Crippen molar-refractivity contribution < 1.29 is 17.9 Å². The normalized spacial score (nSPS) is 18.4. The first-order valence-corrected chi connectivity index (χ1v) is 11.9. The Hall–Kier alpha value is -2.38. The summed E-state index contributed by atoms with van der Waals surface area (Å²) in [6.07, 6.45) is 0.806. The van der Waals surface area contributed by atoms with Gasteiger partial charge in [-0.2, -0.15) is 4.31 Å². The molecule has 6 nitrogen and oxygen atoms in total. The molecule has 0 unspecified atom stereocenters. The number of carbonyl (C=O) groups is 1. The van der Waals surface area contributed by atoms with Crippen LogP contribution in [0.25, 0.3) is 0 Å². The standard InChI is InChI=1S/C23H28N2O4S/c1-16(2)18-7-9-21(10-8-18)30(27,28)24-13-11-20(12-14-24)25-22-17(3)5-4-6-19(22)15-29-23(25)26/h4-10,16,20H,11-15H2,1-3H3. The number of amides is 1. The highest BCUT2D eigenvalue weighted by atomic mass is 32.2. The summed E-state index contributed by atoms with van der Waals surface area (Å²) in [5, 5.41) is 0. The average Bonchev–Trinajstić information content (AvgIpc) is 2.74. The minimum atomic E-state index is -3.54. The van der Waals surface area contributed by atoms with E-state index in [0.717, 1.165) is 22.4 Å². The summed E-state index contributed by atoms with van der Waals surface area (Å²) in [4.78, 5) is 14.6. The lowest BCUT2D eigenvalue weighted by Crippen LogP contribution is -2.50. The van der Waals surface area contributed by atoms with Gasteiger partial charge in [0.25, 0.3) is 0 Å². The molecule has 2 aromatic rings. The Labute approximate surface area is 178 Å². The van der Waals surface area contributed by atoms with E-state index < -0.39 is 10.0 Å². The van der Waals surface area contributed by atoms with Crippen molar-refractivity contribution in [3.8, 4) is 0 Å². The van der Waals surface area contributed by atoms with Gasteiger partial charge < -0.3 is 4.74 Å². The van der Waals surface area contributed by atoms with Gasteiger partial charge in [0, 0.05) is 24.7 Å². The van der Waals surface area contributed by atoms with E-state index >= 15 is 0 Å². The van der Waals surface area contributed by atoms with Gasteiger partial charge in [0.1, 0.15) is 6.61 Å². The Morgan fingerprint density at radius 1 is 1.03 bits per heavy atom. The van der Waals surface area contributed by atoms with Crippen LogP contribution in [0.2, 0.25) is 0 Å². The molecule has 0 N–H and O–H groups in total. The zero-order chi connectivity index (χ0) is 21.5. The fourth-order valence-corrected chi connectivity index (χ4v) is 5.80. The maximum absolute atomic E-state index is 13.1. The SMILES string of the molecule is Cc1cccc2c1N(C1CCN(S(=O)(=O)c3ccc(C(C)C)cc3)CC1)C(=O)OC2. The van der Waals surface area contributed by atoms with Gasteiger partial charge in [-0.1, -0.05) is 44.2 Å². The van der Waals surface area contributed by atoms with Crippen LogP contribution in [0.1, 0.15) is 49.3 Å². The van der Waals surface area contributed by atoms with Gasteiger partial charge >= 0.3 is 6.09 Å². The van der Waals surface area contributed by atoms with Crippen LogP contribution < -0.4 is 4.90 Å². The molecule has 1 saturated heterocycles. The highest BCUT2D eigenvalue weighted by Gasteiger charge is 2.37. The second-order valence-corrected chi connectivity index (χ2v) is 10.3. The van der Waals surface area contributed by atoms with Crippen molar-refractivity contribution in [1.82, 2.24) is 4.31 Å². The van der Waals surface area contributed by atoms with Gasteiger partial charge in [-0.15, -0.1) is 0 Å². The number of rotatable bonds is 4. The molecule has 2 heterocycles. The third kappa shape index (κ3) is 3.72. The van der Waals surface area contributed by atoms with E-state index in [1.54, 1.807) is 17.0 Å². The molecule has 160 valence electrons. The molecule has 1 fully saturated rings. The second kappa shape index (κ2) is 8.04. The van der Waals surface area contributed by atoms with Crippen LogP contribution >= 0.6 is 0 Å². The van der Waals surface area contributed by atoms with E-state index in [1.807, 2.05) is 37.3 Å². The van der Waals surface area contributed by atoms with E-state index in [4.69, 9.17) is 4.74 Å². The fourth-order valence-electron chi connectivity index (χ4n) is 4.33. The van der Waals surface area contributed by atoms with Crippen LogP contribution in [0.3, 0.4) is 0 Å². The average molecular weight is 429 g/mol. The minimum Gasteiger partial charge on any atom is -0.444 e. The number of anilines is 1. The van der Waals surface area contributed by atoms with Crippen LogP contribution in [-0.2, 0) is 21.4 Å². The van der Waals surface area contributed by atoms with E-state index in [0.29, 0.717) is 36.7 Å². The van der Waals surface area contributed by atoms with Crippen molar-refractivity contribution in [1.29, 1.82) is 0 Å². The first kappa shape index (κ1) is 20.9. The van der Waals surface area contributed by atoms with Crippen molar-refractivity contribution >= 4 is 21.8 Å². The van der Waals surface area contributed by atoms with E-state index in [-0.39, 0.29) is 18.7 Å². The molecule has 0 atom stereocenters. The summed E-state index contributed by atoms with van der Waals surface area (Å²) in [7, 11) is -3.54. The molecule has 0 spiro atoms. The Bertz CT molecular complexity index is 1040. The Morgan fingerprint density at radius 3 is 2.33 bits per heavy atom. The summed E-state index contributed by atoms with van der Waals surface area (Å²) in [5.41, 5.74) is 4.06. The molecule has 2 aliphatic rings. The smallest absolute Gasteiger partial charge is 0.414 e. The number of cyclic esters (lactones) is 1. The van der Waals surface area contributed by atoms with Gasteiger partial charge in [0.05, 0.1) is 10.6 Å². The number of piperidine rings is 1. The molecular weight excluding hydrogens is 400 g/mol. The number of aryl methyl sites for hydroxylation is 1. The van der Waals surface area contributed by atoms with Gasteiger partial charge in [-0.3, -0.25) is 4.90 Å². The van der Waals surface area contributed by atoms with Crippen LogP contribution in [0.15, 0.2) is 47.4 Å². The highest BCUT2D eigenvalue weighted by molar-refractivity contribution is 7.89. The zero-order valence-electron chi connectivity index (χ0n) is 17.7. The van der Waals surface area contributed by atoms with E-state index in [1.165, 1.54) is 4.31 Å². The molecule has 0 saturated carbocycles. The van der Waals surface area contributed by atoms with Crippen molar-refractivity contribution in [2.24, 2.45) is 0 Å². The molecule has 4 rings (SSSR count). The molecular formula is C23H28N2O4S. The summed E-state index contributed by atoms with van der Waals surface area (Å²) in [6, 6.07) is 13.0. The number of nitrogens with zero attached hydrogens (tertiary/aromatic N) is 2. The van der Waals surface area contributed by atoms with Crippen LogP contribution in [0.5, 0.6) is 0 Å². The quantitative estimate of drug-likeness (QED) is 0.723. The fraction of sp³-hybridized carbons (Fsp3) is 0.435. The number of hydrogen-bond acceptors (Lipinski definition) is 4. The van der Waals surface area contributed by atoms with Crippen LogP contribution in [0.4, 0.5) is 10.5 Å². The Morgan fingerprint density at radius 2 is 1.70 bits per heavy atom. The molecule has 2 aliphatic heterocycles. The number of benzene rings is 2. The number of para-hydroxylation sites is 1. The zero-order valence-corrected chi connectivity index (χ0v) is 18.5. The Kier molecular flexibility index (Phi) is 5.59. The topological polar surface area (TPSA) is 66.9 Å². The first-order chi connectivity index (χ1) is 14.3. The second-order valence-electron chi connectivity index (χ2n) is 8.37. The molecule has 7 heteroatoms. The largest absolute Gasteiger partial charge is 0.444 e. The summed E-state index contributed by atoms with van der Waals surface area (Å²) in [5.74, 6) is 0.355. The molecule has 30 heavy (non-hydrogen) atoms. The molecule has 0 bridgehead atoms. The maximum atomic E-state index is 13.1. The van der Waals surface area contributed by atoms with Crippen molar-refractivity contribution in [2.75, 3.05) is 18.0 Å². The van der Waals surface area contributed by atoms with Gasteiger partial charge in [0.2, 0.25) is 10.0 Å². The lowest BCUT2D eigenvalue weighted by Gasteiger charge is -2.40. The van der Waals surface area contributed by atoms with Crippen molar-refractivity contribution in [3.05, 3.63) is 59.2 Å². The highest BCUT2D eigenvalue weighted by Crippen LogP contribution is 2.35. The van der Waals surface area contributed by atoms with E-state index in [9.17, 15) is 13.2 Å². The first-order valence-electron chi connectivity index (χ1n) is 10.4. The summed E-state index contributed by atoms with van der Waals surface area (Å²) < 4.78 is 33.1. The lowest BCUT2D eigenvalue weighted by atomic mass is 10.00. The summed E-state index contributed by atoms with van der Waals surface area (Å²) >= 11 is 0. The number of sulfonamides is 1. The number of carbonyl (C=O) groups excluding carboxylic acids is 1. The van der Waals surface area contributed by atoms with Gasteiger partial charge in [-0.05, 0) is 48.9 Å². The van der Waals surface area contributed by atoms with Gasteiger partial charge in [-0.25, -0.2) is 13.2 Å². The summed E-state index contributed by atoms with van der Waals surface area (Å²) in [6.45, 7) is 7.20. The van der Waals surface area contributed by atoms with Crippen LogP contribution in [0, 0.1) is 6.92 Å². The van der Waals surface area contributed by atoms with Gasteiger partial charge in [0.15, 0.2) is 0 Å². The van der Waals surface area contributed by atoms with Crippen LogP contribution in [-0.4, -0.2) is 37.9 Å². The number of fused-ring (bicyclic) bond motifs is 1. The number of hydrogen-bond donors (Lipinski definition) is 0. The predicted molar refractivity (Wildman–Crippen MR) is 116 cm³/mol. The molecule has 0 aromatic heterocycles. The van der Waals surface area contributed by atoms with Crippen molar-refractivity contribution in [2.45, 2.75) is 57.1 Å². The lowest BCUT2D eigenvalue weighted by molar-refractivity contribution is 0.135. The molecule has 2 aromatic carbocycles. The third-order valence-electron chi connectivity index (χ3n) is 6.08. The molecule has 1 amide bonds. The van der Waals surface area contributed by atoms with Crippen molar-refractivity contribution in [3.63, 3.8) is 0 Å². The third-order valence-corrected chi connectivity index (χ3v) is 8.00. The molecule has 0 aliphatic carbocycles.